The predicted octanol–water partition coefficient (Wildman–Crippen LogP) is 3.76. The van der Waals surface area contributed by atoms with E-state index in [-0.39, 0.29) is 5.97 Å². The van der Waals surface area contributed by atoms with Crippen LogP contribution in [0.25, 0.3) is 0 Å². The Morgan fingerprint density at radius 2 is 2.10 bits per heavy atom. The molecular weight excluding hydrogens is 324 g/mol. The second kappa shape index (κ2) is 9.53. The van der Waals surface area contributed by atoms with Gasteiger partial charge in [-0.3, -0.25) is 9.59 Å². The molecule has 0 radical (unpaired) electrons. The average Bonchev–Trinajstić information content (AvgIpc) is 2.44. The Hall–Kier alpha value is -1.36. The third-order valence-electron chi connectivity index (χ3n) is 2.69. The molecule has 0 amide bonds. The molecule has 0 heterocycles. The van der Waals surface area contributed by atoms with Gasteiger partial charge in [0.05, 0.1) is 18.8 Å². The van der Waals surface area contributed by atoms with Gasteiger partial charge in [-0.1, -0.05) is 15.9 Å². The number of rotatable bonds is 9. The van der Waals surface area contributed by atoms with Crippen LogP contribution >= 0.6 is 15.9 Å². The normalized spacial score (nSPS) is 10.1. The Morgan fingerprint density at radius 1 is 1.30 bits per heavy atom. The lowest BCUT2D eigenvalue weighted by Crippen LogP contribution is -2.04. The molecule has 1 aromatic carbocycles. The van der Waals surface area contributed by atoms with Crippen molar-refractivity contribution >= 4 is 28.2 Å². The topological polar surface area (TPSA) is 52.6 Å². The fourth-order valence-corrected chi connectivity index (χ4v) is 2.09. The first-order valence-electron chi connectivity index (χ1n) is 6.70. The third-order valence-corrected chi connectivity index (χ3v) is 3.18. The van der Waals surface area contributed by atoms with E-state index in [1.54, 1.807) is 19.1 Å². The Morgan fingerprint density at radius 3 is 2.80 bits per heavy atom. The quantitative estimate of drug-likeness (QED) is 0.389. The van der Waals surface area contributed by atoms with Crippen LogP contribution in [0.1, 0.15) is 43.0 Å². The van der Waals surface area contributed by atoms with Crippen LogP contribution in [0.15, 0.2) is 22.7 Å². The second-order valence-corrected chi connectivity index (χ2v) is 5.18. The molecule has 0 bridgehead atoms. The van der Waals surface area contributed by atoms with E-state index in [4.69, 9.17) is 9.47 Å². The molecule has 20 heavy (non-hydrogen) atoms. The van der Waals surface area contributed by atoms with E-state index in [9.17, 15) is 9.59 Å². The van der Waals surface area contributed by atoms with Gasteiger partial charge in [0.2, 0.25) is 0 Å². The van der Waals surface area contributed by atoms with E-state index in [2.05, 4.69) is 15.9 Å². The zero-order chi connectivity index (χ0) is 14.8. The van der Waals surface area contributed by atoms with Crippen molar-refractivity contribution < 1.29 is 19.1 Å². The van der Waals surface area contributed by atoms with Gasteiger partial charge in [0.15, 0.2) is 6.29 Å². The first-order valence-corrected chi connectivity index (χ1v) is 7.49. The van der Waals surface area contributed by atoms with Gasteiger partial charge in [-0.25, -0.2) is 0 Å². The van der Waals surface area contributed by atoms with Crippen LogP contribution in [-0.2, 0) is 9.53 Å². The van der Waals surface area contributed by atoms with Gasteiger partial charge in [-0.05, 0) is 44.4 Å². The van der Waals surface area contributed by atoms with Crippen LogP contribution < -0.4 is 4.74 Å². The molecule has 0 unspecified atom stereocenters. The van der Waals surface area contributed by atoms with Crippen LogP contribution in [-0.4, -0.2) is 25.5 Å². The Labute approximate surface area is 127 Å². The van der Waals surface area contributed by atoms with Gasteiger partial charge in [-0.2, -0.15) is 0 Å². The maximum atomic E-state index is 11.1. The number of benzene rings is 1. The zero-order valence-corrected chi connectivity index (χ0v) is 13.1. The highest BCUT2D eigenvalue weighted by atomic mass is 79.9. The number of esters is 1. The van der Waals surface area contributed by atoms with Gasteiger partial charge >= 0.3 is 5.97 Å². The van der Waals surface area contributed by atoms with E-state index < -0.39 is 0 Å². The molecule has 0 fully saturated rings. The first-order chi connectivity index (χ1) is 9.67. The van der Waals surface area contributed by atoms with Crippen molar-refractivity contribution in [1.82, 2.24) is 0 Å². The standard InChI is InChI=1S/C15H19BrO4/c1-2-19-15(18)6-4-3-5-9-20-14-8-7-13(16)10-12(14)11-17/h7-8,10-11H,2-6,9H2,1H3. The summed E-state index contributed by atoms with van der Waals surface area (Å²) in [7, 11) is 0. The summed E-state index contributed by atoms with van der Waals surface area (Å²) in [5.41, 5.74) is 0.533. The van der Waals surface area contributed by atoms with Gasteiger partial charge in [0.1, 0.15) is 5.75 Å². The van der Waals surface area contributed by atoms with Crippen molar-refractivity contribution in [1.29, 1.82) is 0 Å². The van der Waals surface area contributed by atoms with E-state index in [1.807, 2.05) is 6.07 Å². The van der Waals surface area contributed by atoms with Gasteiger partial charge in [0.25, 0.3) is 0 Å². The molecule has 4 nitrogen and oxygen atoms in total. The summed E-state index contributed by atoms with van der Waals surface area (Å²) in [6.45, 7) is 2.76. The maximum absolute atomic E-state index is 11.1. The van der Waals surface area contributed by atoms with Crippen LogP contribution in [0.3, 0.4) is 0 Å². The molecule has 5 heteroatoms. The lowest BCUT2D eigenvalue weighted by molar-refractivity contribution is -0.143. The summed E-state index contributed by atoms with van der Waals surface area (Å²) in [5.74, 6) is 0.443. The fraction of sp³-hybridized carbons (Fsp3) is 0.467. The monoisotopic (exact) mass is 342 g/mol. The second-order valence-electron chi connectivity index (χ2n) is 4.26. The largest absolute Gasteiger partial charge is 0.493 e. The number of aldehydes is 1. The number of halogens is 1. The molecule has 0 saturated heterocycles. The smallest absolute Gasteiger partial charge is 0.305 e. The van der Waals surface area contributed by atoms with Crippen molar-refractivity contribution in [2.24, 2.45) is 0 Å². The molecule has 0 spiro atoms. The number of ether oxygens (including phenoxy) is 2. The van der Waals surface area contributed by atoms with Crippen LogP contribution in [0.2, 0.25) is 0 Å². The van der Waals surface area contributed by atoms with Gasteiger partial charge in [0, 0.05) is 10.9 Å². The molecule has 0 aliphatic heterocycles. The summed E-state index contributed by atoms with van der Waals surface area (Å²) in [6, 6.07) is 5.33. The third kappa shape index (κ3) is 6.19. The van der Waals surface area contributed by atoms with Crippen molar-refractivity contribution in [3.8, 4) is 5.75 Å². The van der Waals surface area contributed by atoms with Crippen LogP contribution in [0.5, 0.6) is 5.75 Å². The van der Waals surface area contributed by atoms with Crippen molar-refractivity contribution in [2.75, 3.05) is 13.2 Å². The van der Waals surface area contributed by atoms with Crippen LogP contribution in [0, 0.1) is 0 Å². The SMILES string of the molecule is CCOC(=O)CCCCCOc1ccc(Br)cc1C=O. The number of carbonyl (C=O) groups excluding carboxylic acids is 2. The summed E-state index contributed by atoms with van der Waals surface area (Å²) in [4.78, 5) is 22.0. The minimum Gasteiger partial charge on any atom is -0.493 e. The highest BCUT2D eigenvalue weighted by Crippen LogP contribution is 2.21. The molecule has 0 aliphatic carbocycles. The molecular formula is C15H19BrO4. The molecule has 0 atom stereocenters. The van der Waals surface area contributed by atoms with E-state index >= 15 is 0 Å². The Kier molecular flexibility index (Phi) is 7.95. The number of unbranched alkanes of at least 4 members (excludes halogenated alkanes) is 2. The molecule has 1 aromatic rings. The predicted molar refractivity (Wildman–Crippen MR) is 80.1 cm³/mol. The summed E-state index contributed by atoms with van der Waals surface area (Å²) in [5, 5.41) is 0. The molecule has 0 aliphatic rings. The zero-order valence-electron chi connectivity index (χ0n) is 11.6. The number of hydrogen-bond donors (Lipinski definition) is 0. The van der Waals surface area contributed by atoms with E-state index in [0.29, 0.717) is 30.9 Å². The minimum atomic E-state index is -0.149. The lowest BCUT2D eigenvalue weighted by atomic mass is 10.2. The molecule has 1 rings (SSSR count). The summed E-state index contributed by atoms with van der Waals surface area (Å²) < 4.78 is 11.3. The van der Waals surface area contributed by atoms with Crippen molar-refractivity contribution in [3.63, 3.8) is 0 Å². The highest BCUT2D eigenvalue weighted by Gasteiger charge is 2.04. The van der Waals surface area contributed by atoms with Crippen molar-refractivity contribution in [2.45, 2.75) is 32.6 Å². The average molecular weight is 343 g/mol. The van der Waals surface area contributed by atoms with Gasteiger partial charge < -0.3 is 9.47 Å². The van der Waals surface area contributed by atoms with Crippen LogP contribution in [0.4, 0.5) is 0 Å². The Balaban J connectivity index is 2.21. The lowest BCUT2D eigenvalue weighted by Gasteiger charge is -2.08. The number of hydrogen-bond acceptors (Lipinski definition) is 4. The van der Waals surface area contributed by atoms with Crippen molar-refractivity contribution in [3.05, 3.63) is 28.2 Å². The molecule has 0 saturated carbocycles. The first kappa shape index (κ1) is 16.7. The molecule has 0 N–H and O–H groups in total. The number of carbonyl (C=O) groups is 2. The summed E-state index contributed by atoms with van der Waals surface area (Å²) in [6.07, 6.45) is 3.76. The maximum Gasteiger partial charge on any atom is 0.305 e. The molecule has 110 valence electrons. The minimum absolute atomic E-state index is 0.149. The van der Waals surface area contributed by atoms with E-state index in [0.717, 1.165) is 30.0 Å². The fourth-order valence-electron chi connectivity index (χ4n) is 1.71. The highest BCUT2D eigenvalue weighted by molar-refractivity contribution is 9.10. The van der Waals surface area contributed by atoms with E-state index in [1.165, 1.54) is 0 Å². The molecule has 0 aromatic heterocycles. The Bertz CT molecular complexity index is 445. The van der Waals surface area contributed by atoms with Gasteiger partial charge in [-0.15, -0.1) is 0 Å². The summed E-state index contributed by atoms with van der Waals surface area (Å²) >= 11 is 3.31.